The van der Waals surface area contributed by atoms with Gasteiger partial charge in [-0.05, 0) is 24.9 Å². The van der Waals surface area contributed by atoms with E-state index >= 15 is 0 Å². The van der Waals surface area contributed by atoms with Crippen LogP contribution >= 0.6 is 0 Å². The lowest BCUT2D eigenvalue weighted by molar-refractivity contribution is 0.173. The molecular formula is C17H27NO2. The summed E-state index contributed by atoms with van der Waals surface area (Å²) >= 11 is 0. The largest absolute Gasteiger partial charge is 0.454 e. The van der Waals surface area contributed by atoms with Crippen molar-refractivity contribution in [3.63, 3.8) is 0 Å². The van der Waals surface area contributed by atoms with Crippen LogP contribution in [0, 0.1) is 5.92 Å². The number of ether oxygens (including phenoxy) is 2. The van der Waals surface area contributed by atoms with E-state index in [-0.39, 0.29) is 0 Å². The van der Waals surface area contributed by atoms with E-state index < -0.39 is 0 Å². The Morgan fingerprint density at radius 2 is 1.95 bits per heavy atom. The summed E-state index contributed by atoms with van der Waals surface area (Å²) in [5.74, 6) is 2.63. The Labute approximate surface area is 122 Å². The van der Waals surface area contributed by atoms with Gasteiger partial charge in [0.05, 0.1) is 0 Å². The number of para-hydroxylation sites is 1. The monoisotopic (exact) mass is 277 g/mol. The Morgan fingerprint density at radius 1 is 1.10 bits per heavy atom. The van der Waals surface area contributed by atoms with E-state index in [4.69, 9.17) is 9.47 Å². The van der Waals surface area contributed by atoms with Crippen LogP contribution in [0.15, 0.2) is 18.2 Å². The standard InChI is InChI=1S/C17H27NO2/c1-14(2)8-5-3-4-6-11-18-12-15-9-7-10-16-17(15)20-13-19-16/h7,9-10,14,18H,3-6,8,11-13H2,1-2H3. The number of unbranched alkanes of at least 4 members (excludes halogenated alkanes) is 3. The lowest BCUT2D eigenvalue weighted by atomic mass is 10.0. The fourth-order valence-electron chi connectivity index (χ4n) is 2.51. The highest BCUT2D eigenvalue weighted by atomic mass is 16.7. The molecule has 3 heteroatoms. The molecule has 0 atom stereocenters. The molecule has 0 bridgehead atoms. The summed E-state index contributed by atoms with van der Waals surface area (Å²) in [7, 11) is 0. The second kappa shape index (κ2) is 8.15. The van der Waals surface area contributed by atoms with Crippen molar-refractivity contribution in [1.82, 2.24) is 5.32 Å². The van der Waals surface area contributed by atoms with Crippen molar-refractivity contribution in [2.45, 2.75) is 52.5 Å². The predicted octanol–water partition coefficient (Wildman–Crippen LogP) is 4.11. The lowest BCUT2D eigenvalue weighted by Gasteiger charge is -2.08. The summed E-state index contributed by atoms with van der Waals surface area (Å²) in [5.41, 5.74) is 1.19. The quantitative estimate of drug-likeness (QED) is 0.689. The first-order chi connectivity index (χ1) is 9.77. The predicted molar refractivity (Wildman–Crippen MR) is 82.2 cm³/mol. The van der Waals surface area contributed by atoms with Crippen LogP contribution in [-0.4, -0.2) is 13.3 Å². The first-order valence-electron chi connectivity index (χ1n) is 7.85. The van der Waals surface area contributed by atoms with Gasteiger partial charge in [-0.15, -0.1) is 0 Å². The second-order valence-electron chi connectivity index (χ2n) is 5.92. The van der Waals surface area contributed by atoms with Crippen LogP contribution in [0.2, 0.25) is 0 Å². The Morgan fingerprint density at radius 3 is 2.80 bits per heavy atom. The minimum absolute atomic E-state index is 0.349. The minimum Gasteiger partial charge on any atom is -0.454 e. The van der Waals surface area contributed by atoms with Gasteiger partial charge in [-0.3, -0.25) is 0 Å². The van der Waals surface area contributed by atoms with Crippen molar-refractivity contribution in [2.24, 2.45) is 5.92 Å². The molecule has 0 amide bonds. The van der Waals surface area contributed by atoms with Gasteiger partial charge >= 0.3 is 0 Å². The minimum atomic E-state index is 0.349. The molecule has 0 radical (unpaired) electrons. The Kier molecular flexibility index (Phi) is 6.19. The maximum atomic E-state index is 5.50. The zero-order chi connectivity index (χ0) is 14.2. The number of nitrogens with one attached hydrogen (secondary N) is 1. The second-order valence-corrected chi connectivity index (χ2v) is 5.92. The molecule has 0 fully saturated rings. The molecule has 0 unspecified atom stereocenters. The van der Waals surface area contributed by atoms with Crippen molar-refractivity contribution in [1.29, 1.82) is 0 Å². The van der Waals surface area contributed by atoms with Gasteiger partial charge in [0.25, 0.3) is 0 Å². The third-order valence-electron chi connectivity index (χ3n) is 3.68. The van der Waals surface area contributed by atoms with E-state index in [1.165, 1.54) is 37.7 Å². The smallest absolute Gasteiger partial charge is 0.231 e. The first-order valence-corrected chi connectivity index (χ1v) is 7.85. The molecular weight excluding hydrogens is 250 g/mol. The molecule has 20 heavy (non-hydrogen) atoms. The molecule has 2 rings (SSSR count). The highest BCUT2D eigenvalue weighted by Crippen LogP contribution is 2.35. The van der Waals surface area contributed by atoms with Crippen molar-refractivity contribution in [2.75, 3.05) is 13.3 Å². The van der Waals surface area contributed by atoms with Gasteiger partial charge in [-0.25, -0.2) is 0 Å². The number of hydrogen-bond donors (Lipinski definition) is 1. The van der Waals surface area contributed by atoms with E-state index in [1.807, 2.05) is 12.1 Å². The number of fused-ring (bicyclic) bond motifs is 1. The van der Waals surface area contributed by atoms with Gasteiger partial charge < -0.3 is 14.8 Å². The summed E-state index contributed by atoms with van der Waals surface area (Å²) in [4.78, 5) is 0. The van der Waals surface area contributed by atoms with Gasteiger partial charge in [0.1, 0.15) is 0 Å². The fraction of sp³-hybridized carbons (Fsp3) is 0.647. The third kappa shape index (κ3) is 4.71. The molecule has 1 heterocycles. The Bertz CT molecular complexity index is 404. The zero-order valence-electron chi connectivity index (χ0n) is 12.8. The summed E-state index contributed by atoms with van der Waals surface area (Å²) in [6.07, 6.45) is 6.67. The molecule has 1 aromatic rings. The zero-order valence-corrected chi connectivity index (χ0v) is 12.8. The van der Waals surface area contributed by atoms with Gasteiger partial charge in [0, 0.05) is 12.1 Å². The SMILES string of the molecule is CC(C)CCCCCCNCc1cccc2c1OCO2. The highest BCUT2D eigenvalue weighted by molar-refractivity contribution is 5.48. The summed E-state index contributed by atoms with van der Waals surface area (Å²) < 4.78 is 10.9. The number of rotatable bonds is 9. The van der Waals surface area contributed by atoms with E-state index in [0.717, 1.165) is 30.5 Å². The third-order valence-corrected chi connectivity index (χ3v) is 3.68. The maximum absolute atomic E-state index is 5.50. The van der Waals surface area contributed by atoms with E-state index in [2.05, 4.69) is 25.2 Å². The first kappa shape index (κ1) is 15.2. The molecule has 1 aromatic carbocycles. The van der Waals surface area contributed by atoms with E-state index in [9.17, 15) is 0 Å². The highest BCUT2D eigenvalue weighted by Gasteiger charge is 2.16. The molecule has 0 spiro atoms. The number of hydrogen-bond acceptors (Lipinski definition) is 3. The molecule has 0 saturated heterocycles. The van der Waals surface area contributed by atoms with E-state index in [0.29, 0.717) is 6.79 Å². The Hall–Kier alpha value is -1.22. The van der Waals surface area contributed by atoms with Crippen LogP contribution < -0.4 is 14.8 Å². The van der Waals surface area contributed by atoms with Crippen LogP contribution in [0.3, 0.4) is 0 Å². The van der Waals surface area contributed by atoms with Crippen LogP contribution in [-0.2, 0) is 6.54 Å². The van der Waals surface area contributed by atoms with Crippen molar-refractivity contribution in [3.8, 4) is 11.5 Å². The normalized spacial score (nSPS) is 13.2. The summed E-state index contributed by atoms with van der Waals surface area (Å²) in [6.45, 7) is 6.88. The molecule has 0 aliphatic carbocycles. The molecule has 1 aliphatic rings. The molecule has 0 saturated carbocycles. The van der Waals surface area contributed by atoms with Crippen LogP contribution in [0.1, 0.15) is 51.5 Å². The summed E-state index contributed by atoms with van der Waals surface area (Å²) in [5, 5.41) is 3.50. The average molecular weight is 277 g/mol. The summed E-state index contributed by atoms with van der Waals surface area (Å²) in [6, 6.07) is 6.08. The van der Waals surface area contributed by atoms with Crippen LogP contribution in [0.5, 0.6) is 11.5 Å². The van der Waals surface area contributed by atoms with Crippen molar-refractivity contribution in [3.05, 3.63) is 23.8 Å². The van der Waals surface area contributed by atoms with Gasteiger partial charge in [0.2, 0.25) is 6.79 Å². The van der Waals surface area contributed by atoms with Crippen LogP contribution in [0.4, 0.5) is 0 Å². The average Bonchev–Trinajstić information content (AvgIpc) is 2.90. The van der Waals surface area contributed by atoms with Gasteiger partial charge in [-0.1, -0.05) is 51.7 Å². The van der Waals surface area contributed by atoms with Crippen LogP contribution in [0.25, 0.3) is 0 Å². The molecule has 112 valence electrons. The van der Waals surface area contributed by atoms with Gasteiger partial charge in [0.15, 0.2) is 11.5 Å². The van der Waals surface area contributed by atoms with Gasteiger partial charge in [-0.2, -0.15) is 0 Å². The Balaban J connectivity index is 1.57. The molecule has 0 aromatic heterocycles. The van der Waals surface area contributed by atoms with Crippen molar-refractivity contribution < 1.29 is 9.47 Å². The molecule has 1 N–H and O–H groups in total. The molecule has 1 aliphatic heterocycles. The topological polar surface area (TPSA) is 30.5 Å². The lowest BCUT2D eigenvalue weighted by Crippen LogP contribution is -2.15. The number of benzene rings is 1. The molecule has 3 nitrogen and oxygen atoms in total. The maximum Gasteiger partial charge on any atom is 0.231 e. The van der Waals surface area contributed by atoms with Crippen molar-refractivity contribution >= 4 is 0 Å². The fourth-order valence-corrected chi connectivity index (χ4v) is 2.51. The van der Waals surface area contributed by atoms with E-state index in [1.54, 1.807) is 0 Å².